The van der Waals surface area contributed by atoms with Gasteiger partial charge in [0.15, 0.2) is 11.5 Å². The first kappa shape index (κ1) is 19.9. The van der Waals surface area contributed by atoms with Crippen molar-refractivity contribution >= 4 is 10.1 Å². The molecular weight excluding hydrogens is 376 g/mol. The van der Waals surface area contributed by atoms with Crippen LogP contribution in [0.2, 0.25) is 0 Å². The van der Waals surface area contributed by atoms with Crippen LogP contribution in [0.3, 0.4) is 0 Å². The molecule has 6 heteroatoms. The van der Waals surface area contributed by atoms with E-state index in [0.29, 0.717) is 6.42 Å². The Bertz CT molecular complexity index is 1050. The number of phenolic OH excluding ortho intramolecular Hbond substituents is 2. The number of rotatable bonds is 6. The van der Waals surface area contributed by atoms with E-state index in [4.69, 9.17) is 0 Å². The first-order valence-electron chi connectivity index (χ1n) is 8.90. The van der Waals surface area contributed by atoms with Crippen LogP contribution in [0.15, 0.2) is 77.7 Å². The predicted molar refractivity (Wildman–Crippen MR) is 107 cm³/mol. The lowest BCUT2D eigenvalue weighted by molar-refractivity contribution is 0.393. The average molecular weight is 398 g/mol. The van der Waals surface area contributed by atoms with Crippen molar-refractivity contribution < 1.29 is 23.2 Å². The summed E-state index contributed by atoms with van der Waals surface area (Å²) in [5, 5.41) is 20.5. The fourth-order valence-corrected chi connectivity index (χ4v) is 3.96. The van der Waals surface area contributed by atoms with Crippen LogP contribution in [-0.4, -0.2) is 23.2 Å². The highest BCUT2D eigenvalue weighted by Crippen LogP contribution is 2.43. The van der Waals surface area contributed by atoms with E-state index >= 15 is 0 Å². The summed E-state index contributed by atoms with van der Waals surface area (Å²) in [6.07, 6.45) is 0.565. The van der Waals surface area contributed by atoms with Crippen molar-refractivity contribution in [3.63, 3.8) is 0 Å². The smallest absolute Gasteiger partial charge is 0.294 e. The summed E-state index contributed by atoms with van der Waals surface area (Å²) in [5.74, 6) is -1.26. The van der Waals surface area contributed by atoms with Crippen LogP contribution in [0.5, 0.6) is 11.5 Å². The fraction of sp³-hybridized carbons (Fsp3) is 0.182. The van der Waals surface area contributed by atoms with E-state index in [-0.39, 0.29) is 23.1 Å². The minimum Gasteiger partial charge on any atom is -0.504 e. The molecule has 0 heterocycles. The molecule has 0 aliphatic rings. The third kappa shape index (κ3) is 4.35. The second kappa shape index (κ2) is 8.04. The summed E-state index contributed by atoms with van der Waals surface area (Å²) < 4.78 is 32.6. The predicted octanol–water partition coefficient (Wildman–Crippen LogP) is 4.67. The molecule has 0 spiro atoms. The Morgan fingerprint density at radius 2 is 1.39 bits per heavy atom. The zero-order valence-corrected chi connectivity index (χ0v) is 16.2. The number of hydrogen-bond acceptors (Lipinski definition) is 4. The first-order valence-corrected chi connectivity index (χ1v) is 10.3. The standard InChI is InChI=1S/C22H22O5S/c1-15(16-8-4-2-5-9-16)12-19(17-10-6-3-7-11-17)20-13-18(28(25,26)27)14-21(23)22(20)24/h2-11,13-15,19,23-24H,12H2,1H3,(H,25,26,27). The molecule has 0 aliphatic heterocycles. The van der Waals surface area contributed by atoms with Gasteiger partial charge in [-0.25, -0.2) is 0 Å². The van der Waals surface area contributed by atoms with Crippen molar-refractivity contribution in [2.75, 3.05) is 0 Å². The SMILES string of the molecule is CC(CC(c1ccccc1)c1cc(S(=O)(=O)O)cc(O)c1O)c1ccccc1. The van der Waals surface area contributed by atoms with Gasteiger partial charge in [-0.2, -0.15) is 8.42 Å². The summed E-state index contributed by atoms with van der Waals surface area (Å²) >= 11 is 0. The topological polar surface area (TPSA) is 94.8 Å². The molecule has 3 N–H and O–H groups in total. The van der Waals surface area contributed by atoms with Gasteiger partial charge in [0.1, 0.15) is 0 Å². The Morgan fingerprint density at radius 1 is 0.857 bits per heavy atom. The van der Waals surface area contributed by atoms with Gasteiger partial charge in [-0.05, 0) is 29.5 Å². The van der Waals surface area contributed by atoms with Crippen LogP contribution in [0.1, 0.15) is 41.9 Å². The molecule has 5 nitrogen and oxygen atoms in total. The zero-order valence-electron chi connectivity index (χ0n) is 15.4. The second-order valence-corrected chi connectivity index (χ2v) is 8.29. The monoisotopic (exact) mass is 398 g/mol. The van der Waals surface area contributed by atoms with Crippen molar-refractivity contribution in [3.05, 3.63) is 89.5 Å². The molecule has 3 aromatic carbocycles. The van der Waals surface area contributed by atoms with Crippen LogP contribution in [0, 0.1) is 0 Å². The number of aromatic hydroxyl groups is 2. The maximum Gasteiger partial charge on any atom is 0.294 e. The van der Waals surface area contributed by atoms with Gasteiger partial charge in [0, 0.05) is 17.5 Å². The molecule has 0 bridgehead atoms. The lowest BCUT2D eigenvalue weighted by atomic mass is 9.81. The van der Waals surface area contributed by atoms with Gasteiger partial charge in [0.05, 0.1) is 4.90 Å². The van der Waals surface area contributed by atoms with E-state index < -0.39 is 20.8 Å². The highest BCUT2D eigenvalue weighted by Gasteiger charge is 2.25. The van der Waals surface area contributed by atoms with Crippen molar-refractivity contribution in [1.29, 1.82) is 0 Å². The molecule has 28 heavy (non-hydrogen) atoms. The van der Waals surface area contributed by atoms with E-state index in [1.165, 1.54) is 6.07 Å². The molecule has 3 rings (SSSR count). The number of hydrogen-bond donors (Lipinski definition) is 3. The molecule has 3 aromatic rings. The van der Waals surface area contributed by atoms with Gasteiger partial charge in [-0.15, -0.1) is 0 Å². The van der Waals surface area contributed by atoms with Crippen LogP contribution in [0.4, 0.5) is 0 Å². The van der Waals surface area contributed by atoms with Gasteiger partial charge in [-0.3, -0.25) is 4.55 Å². The Morgan fingerprint density at radius 3 is 1.93 bits per heavy atom. The summed E-state index contributed by atoms with van der Waals surface area (Å²) in [7, 11) is -4.53. The Hall–Kier alpha value is -2.83. The first-order chi connectivity index (χ1) is 13.3. The molecule has 0 amide bonds. The Labute approximate surface area is 164 Å². The summed E-state index contributed by atoms with van der Waals surface area (Å²) in [6, 6.07) is 21.3. The maximum absolute atomic E-state index is 11.6. The molecule has 146 valence electrons. The molecule has 0 fully saturated rings. The highest BCUT2D eigenvalue weighted by molar-refractivity contribution is 7.85. The second-order valence-electron chi connectivity index (χ2n) is 6.87. The van der Waals surface area contributed by atoms with E-state index in [0.717, 1.165) is 17.2 Å². The quantitative estimate of drug-likeness (QED) is 0.414. The number of benzene rings is 3. The molecule has 0 aliphatic carbocycles. The third-order valence-corrected chi connectivity index (χ3v) is 5.76. The van der Waals surface area contributed by atoms with Crippen molar-refractivity contribution in [1.82, 2.24) is 0 Å². The maximum atomic E-state index is 11.6. The number of phenols is 2. The van der Waals surface area contributed by atoms with E-state index in [1.54, 1.807) is 0 Å². The molecular formula is C22H22O5S. The normalized spacial score (nSPS) is 13.8. The Balaban J connectivity index is 2.11. The lowest BCUT2D eigenvalue weighted by Gasteiger charge is -2.24. The zero-order chi connectivity index (χ0) is 20.3. The summed E-state index contributed by atoms with van der Waals surface area (Å²) in [6.45, 7) is 2.05. The van der Waals surface area contributed by atoms with Crippen molar-refractivity contribution in [2.24, 2.45) is 0 Å². The Kier molecular flexibility index (Phi) is 5.72. The summed E-state index contributed by atoms with van der Waals surface area (Å²) in [4.78, 5) is -0.453. The molecule has 2 unspecified atom stereocenters. The minimum absolute atomic E-state index is 0.0994. The van der Waals surface area contributed by atoms with E-state index in [2.05, 4.69) is 6.92 Å². The fourth-order valence-electron chi connectivity index (χ4n) is 3.43. The van der Waals surface area contributed by atoms with Gasteiger partial charge in [0.2, 0.25) is 0 Å². The van der Waals surface area contributed by atoms with Crippen LogP contribution in [0.25, 0.3) is 0 Å². The average Bonchev–Trinajstić information content (AvgIpc) is 2.68. The largest absolute Gasteiger partial charge is 0.504 e. The van der Waals surface area contributed by atoms with Crippen LogP contribution in [-0.2, 0) is 10.1 Å². The molecule has 0 radical (unpaired) electrons. The highest BCUT2D eigenvalue weighted by atomic mass is 32.2. The van der Waals surface area contributed by atoms with Crippen molar-refractivity contribution in [2.45, 2.75) is 30.1 Å². The lowest BCUT2D eigenvalue weighted by Crippen LogP contribution is -2.08. The van der Waals surface area contributed by atoms with Crippen LogP contribution >= 0.6 is 0 Å². The van der Waals surface area contributed by atoms with Crippen LogP contribution < -0.4 is 0 Å². The van der Waals surface area contributed by atoms with Gasteiger partial charge in [0.25, 0.3) is 10.1 Å². The molecule has 2 atom stereocenters. The van der Waals surface area contributed by atoms with E-state index in [1.807, 2.05) is 60.7 Å². The molecule has 0 aromatic heterocycles. The van der Waals surface area contributed by atoms with Crippen molar-refractivity contribution in [3.8, 4) is 11.5 Å². The minimum atomic E-state index is -4.53. The van der Waals surface area contributed by atoms with Gasteiger partial charge in [-0.1, -0.05) is 67.6 Å². The van der Waals surface area contributed by atoms with Gasteiger partial charge < -0.3 is 10.2 Å². The molecule has 0 saturated heterocycles. The van der Waals surface area contributed by atoms with E-state index in [9.17, 15) is 23.2 Å². The molecule has 0 saturated carbocycles. The van der Waals surface area contributed by atoms with Gasteiger partial charge >= 0.3 is 0 Å². The summed E-state index contributed by atoms with van der Waals surface area (Å²) in [5.41, 5.74) is 2.23. The third-order valence-electron chi connectivity index (χ3n) is 4.93.